The number of aliphatic hydroxyl groups is 1. The number of aliphatic hydroxyl groups excluding tert-OH is 1. The number of para-hydroxylation sites is 1. The van der Waals surface area contributed by atoms with E-state index in [2.05, 4.69) is 25.9 Å². The van der Waals surface area contributed by atoms with Crippen LogP contribution >= 0.6 is 0 Å². The number of amides is 3. The number of carbonyl (C=O) groups is 4. The molecular formula is C26H40N8O6. The van der Waals surface area contributed by atoms with Gasteiger partial charge < -0.3 is 48.3 Å². The summed E-state index contributed by atoms with van der Waals surface area (Å²) in [7, 11) is 0. The van der Waals surface area contributed by atoms with Crippen LogP contribution < -0.4 is 33.2 Å². The predicted molar refractivity (Wildman–Crippen MR) is 150 cm³/mol. The maximum atomic E-state index is 13.5. The molecule has 0 saturated heterocycles. The van der Waals surface area contributed by atoms with Crippen LogP contribution in [0.4, 0.5) is 0 Å². The molecule has 0 fully saturated rings. The van der Waals surface area contributed by atoms with Crippen LogP contribution in [0.1, 0.15) is 39.2 Å². The van der Waals surface area contributed by atoms with E-state index in [0.29, 0.717) is 6.42 Å². The van der Waals surface area contributed by atoms with Crippen molar-refractivity contribution in [1.29, 1.82) is 0 Å². The third-order valence-corrected chi connectivity index (χ3v) is 6.36. The van der Waals surface area contributed by atoms with E-state index < -0.39 is 59.9 Å². The zero-order chi connectivity index (χ0) is 30.0. The van der Waals surface area contributed by atoms with Gasteiger partial charge in [-0.1, -0.05) is 32.0 Å². The molecule has 220 valence electrons. The highest BCUT2D eigenvalue weighted by Gasteiger charge is 2.32. The quantitative estimate of drug-likeness (QED) is 0.0709. The fourth-order valence-electron chi connectivity index (χ4n) is 4.03. The second kappa shape index (κ2) is 14.8. The van der Waals surface area contributed by atoms with Crippen LogP contribution in [0.2, 0.25) is 0 Å². The van der Waals surface area contributed by atoms with Crippen molar-refractivity contribution < 1.29 is 29.4 Å². The lowest BCUT2D eigenvalue weighted by Crippen LogP contribution is -2.59. The normalized spacial score (nSPS) is 14.9. The second-order valence-electron chi connectivity index (χ2n) is 9.97. The number of carboxylic acid groups (broad SMARTS) is 1. The summed E-state index contributed by atoms with van der Waals surface area (Å²) in [5, 5.41) is 27.8. The SMILES string of the molecule is CC(C)C(NC(=O)C(CCCN=C(N)N)NC(=O)C(Cc1c[nH]c2ccccc12)NC(=O)C(N)C(C)O)C(=O)O. The van der Waals surface area contributed by atoms with Crippen LogP contribution in [-0.4, -0.2) is 81.7 Å². The Morgan fingerprint density at radius 2 is 1.60 bits per heavy atom. The maximum Gasteiger partial charge on any atom is 0.326 e. The molecule has 2 aromatic rings. The standard InChI is InChI=1S/C26H40N8O6/c1-13(2)21(25(39)40)34-22(36)18(9-6-10-30-26(28)29)32-23(37)19(33-24(38)20(27)14(3)35)11-15-12-31-17-8-5-4-7-16(15)17/h4-5,7-8,12-14,18-21,31,35H,6,9-11,27H2,1-3H3,(H,32,37)(H,33,38)(H,34,36)(H,39,40)(H4,28,29,30). The third kappa shape index (κ3) is 9.24. The molecule has 14 nitrogen and oxygen atoms in total. The van der Waals surface area contributed by atoms with E-state index in [9.17, 15) is 29.4 Å². The Morgan fingerprint density at radius 3 is 2.20 bits per heavy atom. The number of H-pyrrole nitrogens is 1. The van der Waals surface area contributed by atoms with Crippen molar-refractivity contribution >= 4 is 40.6 Å². The van der Waals surface area contributed by atoms with Gasteiger partial charge in [-0.15, -0.1) is 0 Å². The fraction of sp³-hybridized carbons (Fsp3) is 0.500. The maximum absolute atomic E-state index is 13.5. The Kier molecular flexibility index (Phi) is 11.9. The average molecular weight is 561 g/mol. The van der Waals surface area contributed by atoms with Crippen LogP contribution in [-0.2, 0) is 25.6 Å². The summed E-state index contributed by atoms with van der Waals surface area (Å²) in [4.78, 5) is 58.0. The molecule has 3 amide bonds. The average Bonchev–Trinajstić information content (AvgIpc) is 3.29. The molecule has 1 heterocycles. The highest BCUT2D eigenvalue weighted by Crippen LogP contribution is 2.19. The van der Waals surface area contributed by atoms with Gasteiger partial charge in [0.1, 0.15) is 24.2 Å². The summed E-state index contributed by atoms with van der Waals surface area (Å²) < 4.78 is 0. The molecule has 0 aliphatic rings. The number of aromatic amines is 1. The Hall–Kier alpha value is -4.17. The van der Waals surface area contributed by atoms with E-state index in [0.717, 1.165) is 16.5 Å². The minimum absolute atomic E-state index is 0.0419. The van der Waals surface area contributed by atoms with Crippen molar-refractivity contribution in [3.05, 3.63) is 36.0 Å². The van der Waals surface area contributed by atoms with Crippen molar-refractivity contribution in [3.8, 4) is 0 Å². The van der Waals surface area contributed by atoms with Crippen molar-refractivity contribution in [2.24, 2.45) is 28.1 Å². The first-order valence-electron chi connectivity index (χ1n) is 13.0. The number of aliphatic carboxylic acids is 1. The fourth-order valence-corrected chi connectivity index (χ4v) is 4.03. The van der Waals surface area contributed by atoms with Crippen LogP contribution in [0.25, 0.3) is 10.9 Å². The molecule has 0 spiro atoms. The Morgan fingerprint density at radius 1 is 0.975 bits per heavy atom. The number of guanidine groups is 1. The van der Waals surface area contributed by atoms with E-state index in [1.54, 1.807) is 20.0 Å². The van der Waals surface area contributed by atoms with E-state index in [4.69, 9.17) is 17.2 Å². The number of hydrogen-bond acceptors (Lipinski definition) is 7. The number of nitrogens with one attached hydrogen (secondary N) is 4. The topological polar surface area (TPSA) is 251 Å². The van der Waals surface area contributed by atoms with Gasteiger partial charge in [-0.25, -0.2) is 4.79 Å². The monoisotopic (exact) mass is 560 g/mol. The number of carbonyl (C=O) groups excluding carboxylic acids is 3. The molecule has 5 unspecified atom stereocenters. The summed E-state index contributed by atoms with van der Waals surface area (Å²) in [6.07, 6.45) is 0.961. The summed E-state index contributed by atoms with van der Waals surface area (Å²) in [5.74, 6) is -3.94. The van der Waals surface area contributed by atoms with Gasteiger partial charge in [-0.2, -0.15) is 0 Å². The summed E-state index contributed by atoms with van der Waals surface area (Å²) in [6.45, 7) is 4.81. The summed E-state index contributed by atoms with van der Waals surface area (Å²) in [6, 6.07) is 2.59. The number of carboxylic acids is 1. The number of hydrogen-bond donors (Lipinski definition) is 9. The van der Waals surface area contributed by atoms with Gasteiger partial charge in [0.05, 0.1) is 6.10 Å². The van der Waals surface area contributed by atoms with Gasteiger partial charge in [0.15, 0.2) is 5.96 Å². The molecule has 0 radical (unpaired) electrons. The zero-order valence-corrected chi connectivity index (χ0v) is 22.9. The van der Waals surface area contributed by atoms with Gasteiger partial charge in [-0.05, 0) is 37.3 Å². The Balaban J connectivity index is 2.33. The smallest absolute Gasteiger partial charge is 0.326 e. The molecule has 1 aromatic carbocycles. The molecule has 5 atom stereocenters. The largest absolute Gasteiger partial charge is 0.480 e. The molecule has 1 aromatic heterocycles. The number of benzene rings is 1. The van der Waals surface area contributed by atoms with Crippen LogP contribution in [0.3, 0.4) is 0 Å². The van der Waals surface area contributed by atoms with Crippen LogP contribution in [0, 0.1) is 5.92 Å². The molecule has 0 bridgehead atoms. The molecule has 0 aliphatic heterocycles. The second-order valence-corrected chi connectivity index (χ2v) is 9.97. The number of fused-ring (bicyclic) bond motifs is 1. The predicted octanol–water partition coefficient (Wildman–Crippen LogP) is -1.33. The van der Waals surface area contributed by atoms with Gasteiger partial charge in [0.25, 0.3) is 0 Å². The number of nitrogens with two attached hydrogens (primary N) is 3. The lowest BCUT2D eigenvalue weighted by molar-refractivity contribution is -0.143. The number of aliphatic imine (C=N–C) groups is 1. The van der Waals surface area contributed by atoms with E-state index >= 15 is 0 Å². The van der Waals surface area contributed by atoms with Gasteiger partial charge in [0, 0.05) is 30.1 Å². The first-order chi connectivity index (χ1) is 18.8. The minimum atomic E-state index is -1.29. The van der Waals surface area contributed by atoms with Crippen molar-refractivity contribution in [1.82, 2.24) is 20.9 Å². The van der Waals surface area contributed by atoms with Gasteiger partial charge in [0.2, 0.25) is 17.7 Å². The highest BCUT2D eigenvalue weighted by atomic mass is 16.4. The molecule has 0 saturated carbocycles. The first-order valence-corrected chi connectivity index (χ1v) is 13.0. The zero-order valence-electron chi connectivity index (χ0n) is 22.9. The van der Waals surface area contributed by atoms with E-state index in [1.807, 2.05) is 24.3 Å². The summed E-state index contributed by atoms with van der Waals surface area (Å²) >= 11 is 0. The highest BCUT2D eigenvalue weighted by molar-refractivity contribution is 5.95. The number of rotatable bonds is 15. The Bertz CT molecular complexity index is 1210. The van der Waals surface area contributed by atoms with E-state index in [-0.39, 0.29) is 25.3 Å². The number of nitrogens with zero attached hydrogens (tertiary/aromatic N) is 1. The van der Waals surface area contributed by atoms with E-state index in [1.165, 1.54) is 6.92 Å². The first kappa shape index (κ1) is 32.0. The van der Waals surface area contributed by atoms with Crippen LogP contribution in [0.15, 0.2) is 35.5 Å². The van der Waals surface area contributed by atoms with Gasteiger partial charge >= 0.3 is 5.97 Å². The third-order valence-electron chi connectivity index (χ3n) is 6.36. The van der Waals surface area contributed by atoms with Crippen molar-refractivity contribution in [2.75, 3.05) is 6.54 Å². The van der Waals surface area contributed by atoms with Crippen LogP contribution in [0.5, 0.6) is 0 Å². The number of aromatic nitrogens is 1. The summed E-state index contributed by atoms with van der Waals surface area (Å²) in [5.41, 5.74) is 18.1. The molecule has 40 heavy (non-hydrogen) atoms. The molecule has 2 rings (SSSR count). The Labute approximate surface area is 232 Å². The van der Waals surface area contributed by atoms with Crippen molar-refractivity contribution in [2.45, 2.75) is 70.3 Å². The lowest BCUT2D eigenvalue weighted by Gasteiger charge is -2.26. The molecule has 12 N–H and O–H groups in total. The minimum Gasteiger partial charge on any atom is -0.480 e. The molecule has 14 heteroatoms. The van der Waals surface area contributed by atoms with Gasteiger partial charge in [-0.3, -0.25) is 19.4 Å². The molecular weight excluding hydrogens is 520 g/mol. The lowest BCUT2D eigenvalue weighted by atomic mass is 10.0. The molecule has 0 aliphatic carbocycles. The van der Waals surface area contributed by atoms with Crippen molar-refractivity contribution in [3.63, 3.8) is 0 Å².